The highest BCUT2D eigenvalue weighted by atomic mass is 32.1. The highest BCUT2D eigenvalue weighted by molar-refractivity contribution is 7.18. The first kappa shape index (κ1) is 15.9. The maximum atomic E-state index is 12.7. The number of hydrogen-bond donors (Lipinski definition) is 2. The van der Waals surface area contributed by atoms with Crippen LogP contribution < -0.4 is 11.3 Å². The molecule has 0 radical (unpaired) electrons. The van der Waals surface area contributed by atoms with Crippen molar-refractivity contribution in [1.82, 2.24) is 9.97 Å². The van der Waals surface area contributed by atoms with E-state index in [1.807, 2.05) is 13.0 Å². The summed E-state index contributed by atoms with van der Waals surface area (Å²) in [5, 5.41) is 0.696. The summed E-state index contributed by atoms with van der Waals surface area (Å²) < 4.78 is 54.0. The fraction of sp³-hybridized carbons (Fsp3) is 0.455. The maximum absolute atomic E-state index is 12.7. The number of nitrogens with two attached hydrogens (primary N) is 1. The Morgan fingerprint density at radius 1 is 1.43 bits per heavy atom. The van der Waals surface area contributed by atoms with Crippen LogP contribution >= 0.6 is 11.3 Å². The van der Waals surface area contributed by atoms with Crippen molar-refractivity contribution in [1.29, 1.82) is 0 Å². The normalized spacial score (nSPS) is 12.3. The molecule has 0 aliphatic rings. The Morgan fingerprint density at radius 2 is 2.14 bits per heavy atom. The molecule has 0 aliphatic heterocycles. The summed E-state index contributed by atoms with van der Waals surface area (Å²) in [5.41, 5.74) is 2.38. The number of aryl methyl sites for hydroxylation is 1. The van der Waals surface area contributed by atoms with Crippen molar-refractivity contribution < 1.29 is 22.3 Å². The average Bonchev–Trinajstić information content (AvgIpc) is 2.77. The summed E-state index contributed by atoms with van der Waals surface area (Å²) >= 11 is 1.37. The molecule has 5 nitrogen and oxygen atoms in total. The molecule has 0 atom stereocenters. The van der Waals surface area contributed by atoms with Crippen molar-refractivity contribution in [3.63, 3.8) is 0 Å². The summed E-state index contributed by atoms with van der Waals surface area (Å²) in [6.45, 7) is 0.0524. The minimum atomic E-state index is -4.20. The van der Waals surface area contributed by atoms with Gasteiger partial charge in [0.1, 0.15) is 18.0 Å². The molecule has 2 heterocycles. The van der Waals surface area contributed by atoms with Crippen LogP contribution in [-0.2, 0) is 11.3 Å². The monoisotopic (exact) mass is 324 g/mol. The number of nitrogen functional groups attached to an aromatic ring is 1. The first-order chi connectivity index (χ1) is 9.83. The van der Waals surface area contributed by atoms with Gasteiger partial charge in [0.05, 0.1) is 5.39 Å². The molecule has 0 aromatic carbocycles. The number of rotatable bonds is 6. The number of nitrogens with zero attached hydrogens (tertiary/aromatic N) is 2. The third-order valence-electron chi connectivity index (χ3n) is 2.54. The molecule has 0 fully saturated rings. The first-order valence-corrected chi connectivity index (χ1v) is 6.62. The number of hydrazine groups is 1. The molecule has 3 N–H and O–H groups in total. The van der Waals surface area contributed by atoms with Gasteiger partial charge in [0, 0.05) is 4.88 Å². The number of aromatic nitrogens is 2. The van der Waals surface area contributed by atoms with Gasteiger partial charge in [0.2, 0.25) is 0 Å². The number of thiophene rings is 1. The predicted octanol–water partition coefficient (Wildman–Crippen LogP) is 2.70. The van der Waals surface area contributed by atoms with Crippen LogP contribution in [0.2, 0.25) is 0 Å². The Kier molecular flexibility index (Phi) is 4.59. The van der Waals surface area contributed by atoms with Crippen LogP contribution in [0.5, 0.6) is 0 Å². The van der Waals surface area contributed by atoms with E-state index >= 15 is 0 Å². The van der Waals surface area contributed by atoms with Gasteiger partial charge < -0.3 is 10.2 Å². The molecular formula is C11H12F4N4OS. The van der Waals surface area contributed by atoms with E-state index in [-0.39, 0.29) is 5.82 Å². The third kappa shape index (κ3) is 3.57. The van der Waals surface area contributed by atoms with Crippen LogP contribution in [0.1, 0.15) is 10.7 Å². The Hall–Kier alpha value is -1.52. The van der Waals surface area contributed by atoms with Gasteiger partial charge in [0.25, 0.3) is 0 Å². The fourth-order valence-corrected chi connectivity index (χ4v) is 2.50. The Morgan fingerprint density at radius 3 is 2.76 bits per heavy atom. The molecule has 0 saturated carbocycles. The van der Waals surface area contributed by atoms with E-state index in [4.69, 9.17) is 5.84 Å². The van der Waals surface area contributed by atoms with Crippen LogP contribution in [0, 0.1) is 6.92 Å². The number of halogens is 4. The van der Waals surface area contributed by atoms with E-state index in [0.29, 0.717) is 16.0 Å². The number of alkyl halides is 4. The molecule has 0 unspecified atom stereocenters. The minimum absolute atomic E-state index is 0.0855. The standard InChI is InChI=1S/C11H12F4N4OS/c1-5-2-6-8(19-16)17-7(18-9(6)21-5)3-20-4-11(14,15)10(12)13/h2,10H,3-4,16H2,1H3,(H,17,18,19). The van der Waals surface area contributed by atoms with Crippen LogP contribution in [0.4, 0.5) is 23.4 Å². The smallest absolute Gasteiger partial charge is 0.330 e. The van der Waals surface area contributed by atoms with Gasteiger partial charge >= 0.3 is 12.3 Å². The van der Waals surface area contributed by atoms with E-state index in [2.05, 4.69) is 20.1 Å². The summed E-state index contributed by atoms with van der Waals surface area (Å²) in [7, 11) is 0. The third-order valence-corrected chi connectivity index (χ3v) is 3.49. The lowest BCUT2D eigenvalue weighted by molar-refractivity contribution is -0.168. The van der Waals surface area contributed by atoms with E-state index in [9.17, 15) is 17.6 Å². The van der Waals surface area contributed by atoms with Crippen molar-refractivity contribution in [2.75, 3.05) is 12.0 Å². The first-order valence-electron chi connectivity index (χ1n) is 5.81. The highest BCUT2D eigenvalue weighted by Crippen LogP contribution is 2.28. The van der Waals surface area contributed by atoms with Crippen LogP contribution in [0.3, 0.4) is 0 Å². The second-order valence-corrected chi connectivity index (χ2v) is 5.50. The molecule has 10 heteroatoms. The summed E-state index contributed by atoms with van der Waals surface area (Å²) in [6, 6.07) is 1.82. The van der Waals surface area contributed by atoms with Gasteiger partial charge in [-0.25, -0.2) is 24.6 Å². The number of nitrogens with one attached hydrogen (secondary N) is 1. The summed E-state index contributed by atoms with van der Waals surface area (Å²) in [5.74, 6) is 1.55. The van der Waals surface area contributed by atoms with Crippen molar-refractivity contribution in [2.45, 2.75) is 25.9 Å². The van der Waals surface area contributed by atoms with Crippen molar-refractivity contribution in [3.05, 3.63) is 16.8 Å². The molecule has 0 spiro atoms. The largest absolute Gasteiger partial charge is 0.367 e. The molecule has 2 aromatic heterocycles. The lowest BCUT2D eigenvalue weighted by atomic mass is 10.3. The molecule has 0 bridgehead atoms. The predicted molar refractivity (Wildman–Crippen MR) is 70.6 cm³/mol. The molecule has 2 aromatic rings. The Balaban J connectivity index is 2.12. The second kappa shape index (κ2) is 6.08. The number of hydrogen-bond acceptors (Lipinski definition) is 6. The SMILES string of the molecule is Cc1cc2c(NN)nc(COCC(F)(F)C(F)F)nc2s1. The van der Waals surface area contributed by atoms with Crippen LogP contribution in [0.25, 0.3) is 10.2 Å². The topological polar surface area (TPSA) is 73.1 Å². The number of anilines is 1. The van der Waals surface area contributed by atoms with E-state index in [0.717, 1.165) is 4.88 Å². The van der Waals surface area contributed by atoms with Crippen molar-refractivity contribution in [2.24, 2.45) is 5.84 Å². The molecule has 2 rings (SSSR count). The van der Waals surface area contributed by atoms with Crippen LogP contribution in [0.15, 0.2) is 6.07 Å². The van der Waals surface area contributed by atoms with Gasteiger partial charge in [0.15, 0.2) is 11.6 Å². The van der Waals surface area contributed by atoms with Gasteiger partial charge in [-0.1, -0.05) is 0 Å². The molecule has 0 saturated heterocycles. The molecule has 21 heavy (non-hydrogen) atoms. The van der Waals surface area contributed by atoms with Crippen molar-refractivity contribution in [3.8, 4) is 0 Å². The fourth-order valence-electron chi connectivity index (χ4n) is 1.60. The average molecular weight is 324 g/mol. The van der Waals surface area contributed by atoms with Gasteiger partial charge in [-0.3, -0.25) is 0 Å². The number of ether oxygens (including phenoxy) is 1. The zero-order chi connectivity index (χ0) is 15.6. The van der Waals surface area contributed by atoms with E-state index in [1.54, 1.807) is 0 Å². The van der Waals surface area contributed by atoms with E-state index in [1.165, 1.54) is 11.3 Å². The minimum Gasteiger partial charge on any atom is -0.367 e. The van der Waals surface area contributed by atoms with Crippen LogP contribution in [-0.4, -0.2) is 28.9 Å². The summed E-state index contributed by atoms with van der Waals surface area (Å²) in [4.78, 5) is 9.70. The highest BCUT2D eigenvalue weighted by Gasteiger charge is 2.41. The molecule has 116 valence electrons. The Labute approximate surface area is 121 Å². The maximum Gasteiger partial charge on any atom is 0.330 e. The summed E-state index contributed by atoms with van der Waals surface area (Å²) in [6.07, 6.45) is -3.78. The molecule has 0 amide bonds. The lowest BCUT2D eigenvalue weighted by Crippen LogP contribution is -2.32. The molecule has 0 aliphatic carbocycles. The quantitative estimate of drug-likeness (QED) is 0.485. The molecular weight excluding hydrogens is 312 g/mol. The van der Waals surface area contributed by atoms with E-state index < -0.39 is 25.6 Å². The Bertz CT molecular complexity index is 634. The zero-order valence-electron chi connectivity index (χ0n) is 10.9. The van der Waals surface area contributed by atoms with Crippen molar-refractivity contribution >= 4 is 27.4 Å². The van der Waals surface area contributed by atoms with Gasteiger partial charge in [-0.2, -0.15) is 8.78 Å². The number of fused-ring (bicyclic) bond motifs is 1. The lowest BCUT2D eigenvalue weighted by Gasteiger charge is -2.14. The second-order valence-electron chi connectivity index (χ2n) is 4.26. The van der Waals surface area contributed by atoms with Gasteiger partial charge in [-0.05, 0) is 13.0 Å². The van der Waals surface area contributed by atoms with Gasteiger partial charge in [-0.15, -0.1) is 11.3 Å². The zero-order valence-corrected chi connectivity index (χ0v) is 11.7.